The molecule has 0 spiro atoms. The fourth-order valence-electron chi connectivity index (χ4n) is 2.91. The maximum Gasteiger partial charge on any atom is 0.288 e. The molecule has 0 saturated carbocycles. The lowest BCUT2D eigenvalue weighted by molar-refractivity contribution is -0.384. The van der Waals surface area contributed by atoms with Crippen molar-refractivity contribution in [1.82, 2.24) is 10.0 Å². The summed E-state index contributed by atoms with van der Waals surface area (Å²) in [6, 6.07) is 18.9. The van der Waals surface area contributed by atoms with Crippen LogP contribution in [-0.4, -0.2) is 30.9 Å². The Morgan fingerprint density at radius 3 is 2.35 bits per heavy atom. The number of nitrogens with one attached hydrogen (secondary N) is 3. The predicted molar refractivity (Wildman–Crippen MR) is 134 cm³/mol. The lowest BCUT2D eigenvalue weighted by atomic mass is 10.2. The number of amides is 1. The zero-order valence-electron chi connectivity index (χ0n) is 17.5. The van der Waals surface area contributed by atoms with Crippen molar-refractivity contribution in [3.05, 3.63) is 99.1 Å². The van der Waals surface area contributed by atoms with Gasteiger partial charge < -0.3 is 5.32 Å². The van der Waals surface area contributed by atoms with E-state index in [2.05, 4.69) is 15.4 Å². The van der Waals surface area contributed by atoms with Crippen LogP contribution in [0.2, 0.25) is 5.02 Å². The van der Waals surface area contributed by atoms with Gasteiger partial charge in [0, 0.05) is 23.9 Å². The number of hydrogen-bond acceptors (Lipinski definition) is 6. The van der Waals surface area contributed by atoms with Crippen LogP contribution in [0.3, 0.4) is 0 Å². The van der Waals surface area contributed by atoms with Gasteiger partial charge in [-0.25, -0.2) is 13.1 Å². The van der Waals surface area contributed by atoms with E-state index in [0.717, 1.165) is 11.6 Å². The highest BCUT2D eigenvalue weighted by molar-refractivity contribution is 7.89. The highest BCUT2D eigenvalue weighted by Crippen LogP contribution is 2.25. The van der Waals surface area contributed by atoms with Crippen molar-refractivity contribution in [3.8, 4) is 0 Å². The van der Waals surface area contributed by atoms with Gasteiger partial charge in [-0.2, -0.15) is 0 Å². The summed E-state index contributed by atoms with van der Waals surface area (Å²) in [7, 11) is -3.69. The van der Waals surface area contributed by atoms with Crippen LogP contribution in [0.5, 0.6) is 0 Å². The Hall–Kier alpha value is -3.38. The smallest absolute Gasteiger partial charge is 0.288 e. The average molecular weight is 519 g/mol. The molecule has 176 valence electrons. The average Bonchev–Trinajstić information content (AvgIpc) is 2.80. The summed E-state index contributed by atoms with van der Waals surface area (Å²) in [6.45, 7) is 0.255. The van der Waals surface area contributed by atoms with E-state index in [4.69, 9.17) is 23.8 Å². The van der Waals surface area contributed by atoms with E-state index in [-0.39, 0.29) is 27.1 Å². The molecule has 0 aliphatic rings. The van der Waals surface area contributed by atoms with E-state index in [1.807, 2.05) is 30.3 Å². The molecule has 34 heavy (non-hydrogen) atoms. The SMILES string of the molecule is O=C(NC(=S)Nc1ccc(S(=O)(=O)NCCc2ccccc2)cc1)c1ccc(Cl)c([N+](=O)[O-])c1. The number of thiocarbonyl (C=S) groups is 1. The minimum Gasteiger partial charge on any atom is -0.332 e. The second-order valence-corrected chi connectivity index (χ2v) is 9.57. The fourth-order valence-corrected chi connectivity index (χ4v) is 4.34. The van der Waals surface area contributed by atoms with Gasteiger partial charge in [-0.15, -0.1) is 0 Å². The quantitative estimate of drug-likeness (QED) is 0.234. The minimum absolute atomic E-state index is 0.00303. The summed E-state index contributed by atoms with van der Waals surface area (Å²) in [4.78, 5) is 22.7. The molecule has 3 aromatic carbocycles. The summed E-state index contributed by atoms with van der Waals surface area (Å²) in [5, 5.41) is 16.0. The van der Waals surface area contributed by atoms with Crippen LogP contribution in [0.4, 0.5) is 11.4 Å². The van der Waals surface area contributed by atoms with E-state index >= 15 is 0 Å². The molecule has 0 atom stereocenters. The number of hydrogen-bond donors (Lipinski definition) is 3. The molecule has 0 fully saturated rings. The molecular formula is C22H19ClN4O5S2. The van der Waals surface area contributed by atoms with Gasteiger partial charge in [0.2, 0.25) is 10.0 Å². The Morgan fingerprint density at radius 2 is 1.71 bits per heavy atom. The van der Waals surface area contributed by atoms with Crippen LogP contribution >= 0.6 is 23.8 Å². The number of halogens is 1. The van der Waals surface area contributed by atoms with Gasteiger partial charge in [0.05, 0.1) is 9.82 Å². The molecule has 3 N–H and O–H groups in total. The standard InChI is InChI=1S/C22H19ClN4O5S2/c23-19-11-6-16(14-20(19)27(29)30)21(28)26-22(33)25-17-7-9-18(10-8-17)34(31,32)24-13-12-15-4-2-1-3-5-15/h1-11,14,24H,12-13H2,(H2,25,26,28,33). The summed E-state index contributed by atoms with van der Waals surface area (Å²) in [6.07, 6.45) is 0.560. The van der Waals surface area contributed by atoms with E-state index in [0.29, 0.717) is 12.1 Å². The maximum absolute atomic E-state index is 12.5. The Labute approximate surface area is 206 Å². The first kappa shape index (κ1) is 25.2. The number of nitro benzene ring substituents is 1. The van der Waals surface area contributed by atoms with Gasteiger partial charge in [-0.3, -0.25) is 20.2 Å². The largest absolute Gasteiger partial charge is 0.332 e. The summed E-state index contributed by atoms with van der Waals surface area (Å²) in [5.41, 5.74) is 1.06. The number of nitro groups is 1. The van der Waals surface area contributed by atoms with Crippen LogP contribution < -0.4 is 15.4 Å². The van der Waals surface area contributed by atoms with Gasteiger partial charge in [0.15, 0.2) is 5.11 Å². The Kier molecular flexibility index (Phi) is 8.29. The third-order valence-corrected chi connectivity index (χ3v) is 6.60. The van der Waals surface area contributed by atoms with Crippen LogP contribution in [-0.2, 0) is 16.4 Å². The van der Waals surface area contributed by atoms with Crippen LogP contribution in [0, 0.1) is 10.1 Å². The van der Waals surface area contributed by atoms with Crippen molar-refractivity contribution < 1.29 is 18.1 Å². The summed E-state index contributed by atoms with van der Waals surface area (Å²) < 4.78 is 27.5. The Balaban J connectivity index is 1.56. The van der Waals surface area contributed by atoms with Crippen LogP contribution in [0.1, 0.15) is 15.9 Å². The zero-order valence-corrected chi connectivity index (χ0v) is 19.9. The summed E-state index contributed by atoms with van der Waals surface area (Å²) >= 11 is 10.8. The third-order valence-electron chi connectivity index (χ3n) is 4.60. The molecule has 0 aliphatic heterocycles. The molecule has 0 bridgehead atoms. The zero-order chi connectivity index (χ0) is 24.7. The number of carbonyl (C=O) groups is 1. The molecule has 12 heteroatoms. The first-order valence-corrected chi connectivity index (χ1v) is 12.1. The van der Waals surface area contributed by atoms with Gasteiger partial charge in [-0.05, 0) is 60.6 Å². The molecule has 1 amide bonds. The molecule has 0 unspecified atom stereocenters. The van der Waals surface area contributed by atoms with E-state index in [1.165, 1.54) is 36.4 Å². The fraction of sp³-hybridized carbons (Fsp3) is 0.0909. The Bertz CT molecular complexity index is 1320. The Morgan fingerprint density at radius 1 is 1.03 bits per heavy atom. The molecule has 0 saturated heterocycles. The van der Waals surface area contributed by atoms with Crippen LogP contribution in [0.15, 0.2) is 77.7 Å². The van der Waals surface area contributed by atoms with Crippen molar-refractivity contribution in [2.45, 2.75) is 11.3 Å². The lowest BCUT2D eigenvalue weighted by Gasteiger charge is -2.11. The maximum atomic E-state index is 12.5. The van der Waals surface area contributed by atoms with Gasteiger partial charge in [-0.1, -0.05) is 41.9 Å². The molecule has 0 aromatic heterocycles. The molecule has 3 rings (SSSR count). The van der Waals surface area contributed by atoms with E-state index in [1.54, 1.807) is 0 Å². The van der Waals surface area contributed by atoms with Crippen molar-refractivity contribution in [2.24, 2.45) is 0 Å². The first-order valence-electron chi connectivity index (χ1n) is 9.85. The molecular weight excluding hydrogens is 500 g/mol. The van der Waals surface area contributed by atoms with E-state index < -0.39 is 26.5 Å². The number of benzene rings is 3. The van der Waals surface area contributed by atoms with Crippen molar-refractivity contribution in [1.29, 1.82) is 0 Å². The number of nitrogens with zero attached hydrogens (tertiary/aromatic N) is 1. The molecule has 0 radical (unpaired) electrons. The van der Waals surface area contributed by atoms with Crippen molar-refractivity contribution in [2.75, 3.05) is 11.9 Å². The topological polar surface area (TPSA) is 130 Å². The monoisotopic (exact) mass is 518 g/mol. The normalized spacial score (nSPS) is 11.0. The summed E-state index contributed by atoms with van der Waals surface area (Å²) in [5.74, 6) is -0.668. The second kappa shape index (κ2) is 11.2. The second-order valence-electron chi connectivity index (χ2n) is 6.99. The van der Waals surface area contributed by atoms with Gasteiger partial charge >= 0.3 is 0 Å². The number of rotatable bonds is 8. The van der Waals surface area contributed by atoms with Gasteiger partial charge in [0.1, 0.15) is 5.02 Å². The molecule has 0 heterocycles. The molecule has 0 aliphatic carbocycles. The minimum atomic E-state index is -3.69. The van der Waals surface area contributed by atoms with Crippen LogP contribution in [0.25, 0.3) is 0 Å². The lowest BCUT2D eigenvalue weighted by Crippen LogP contribution is -2.34. The molecule has 9 nitrogen and oxygen atoms in total. The first-order chi connectivity index (χ1) is 16.2. The van der Waals surface area contributed by atoms with Crippen molar-refractivity contribution >= 4 is 56.2 Å². The number of anilines is 1. The number of sulfonamides is 1. The molecule has 3 aromatic rings. The highest BCUT2D eigenvalue weighted by Gasteiger charge is 2.17. The number of carbonyl (C=O) groups excluding carboxylic acids is 1. The van der Waals surface area contributed by atoms with E-state index in [9.17, 15) is 23.3 Å². The van der Waals surface area contributed by atoms with Crippen molar-refractivity contribution in [3.63, 3.8) is 0 Å². The van der Waals surface area contributed by atoms with Gasteiger partial charge in [0.25, 0.3) is 11.6 Å². The predicted octanol–water partition coefficient (Wildman–Crippen LogP) is 3.90. The highest BCUT2D eigenvalue weighted by atomic mass is 35.5. The third kappa shape index (κ3) is 6.81.